The Kier molecular flexibility index (Phi) is 4.68. The van der Waals surface area contributed by atoms with E-state index < -0.39 is 0 Å². The van der Waals surface area contributed by atoms with Crippen molar-refractivity contribution in [3.8, 4) is 0 Å². The summed E-state index contributed by atoms with van der Waals surface area (Å²) >= 11 is 3.46. The van der Waals surface area contributed by atoms with Gasteiger partial charge in [0, 0.05) is 15.7 Å². The van der Waals surface area contributed by atoms with Gasteiger partial charge in [-0.15, -0.1) is 11.3 Å². The lowest BCUT2D eigenvalue weighted by Crippen LogP contribution is -2.49. The molecule has 1 atom stereocenters. The van der Waals surface area contributed by atoms with Gasteiger partial charge in [-0.1, -0.05) is 18.7 Å². The first-order valence-electron chi connectivity index (χ1n) is 11.6. The molecule has 4 nitrogen and oxygen atoms in total. The second-order valence-corrected chi connectivity index (χ2v) is 12.5. The minimum absolute atomic E-state index is 0.180. The number of rotatable bonds is 4. The number of methoxy groups -OCH3 is 1. The molecule has 7 rings (SSSR count). The number of thioether (sulfide) groups is 1. The Labute approximate surface area is 186 Å². The summed E-state index contributed by atoms with van der Waals surface area (Å²) in [4.78, 5) is 25.1. The van der Waals surface area contributed by atoms with Crippen molar-refractivity contribution in [2.45, 2.75) is 75.2 Å². The van der Waals surface area contributed by atoms with Gasteiger partial charge in [0.25, 0.3) is 0 Å². The molecule has 2 aromatic heterocycles. The smallest absolute Gasteiger partial charge is 0.316 e. The Hall–Kier alpha value is -1.14. The zero-order chi connectivity index (χ0) is 20.5. The number of esters is 1. The highest BCUT2D eigenvalue weighted by Crippen LogP contribution is 2.60. The van der Waals surface area contributed by atoms with Gasteiger partial charge in [-0.2, -0.15) is 0 Å². The first-order chi connectivity index (χ1) is 14.5. The minimum atomic E-state index is -0.180. The van der Waals surface area contributed by atoms with Crippen LogP contribution >= 0.6 is 23.1 Å². The van der Waals surface area contributed by atoms with E-state index in [-0.39, 0.29) is 11.4 Å². The molecule has 30 heavy (non-hydrogen) atoms. The molecule has 2 aromatic rings. The van der Waals surface area contributed by atoms with E-state index in [1.807, 2.05) is 11.3 Å². The van der Waals surface area contributed by atoms with Gasteiger partial charge < -0.3 is 4.74 Å². The van der Waals surface area contributed by atoms with Gasteiger partial charge in [-0.3, -0.25) is 4.79 Å². The molecular formula is C24H30N2O2S2. The molecule has 0 spiro atoms. The summed E-state index contributed by atoms with van der Waals surface area (Å²) in [5, 5.41) is 2.27. The lowest BCUT2D eigenvalue weighted by atomic mass is 9.49. The van der Waals surface area contributed by atoms with Crippen LogP contribution in [0.15, 0.2) is 5.03 Å². The van der Waals surface area contributed by atoms with Crippen LogP contribution in [0.3, 0.4) is 0 Å². The Morgan fingerprint density at radius 1 is 1.17 bits per heavy atom. The molecule has 0 radical (unpaired) electrons. The predicted molar refractivity (Wildman–Crippen MR) is 121 cm³/mol. The number of carbonyl (C=O) groups excluding carboxylic acids is 1. The van der Waals surface area contributed by atoms with E-state index >= 15 is 0 Å². The zero-order valence-electron chi connectivity index (χ0n) is 17.9. The third-order valence-electron chi connectivity index (χ3n) is 8.19. The Balaban J connectivity index is 1.46. The molecule has 0 saturated heterocycles. The van der Waals surface area contributed by atoms with Gasteiger partial charge >= 0.3 is 5.97 Å². The second-order valence-electron chi connectivity index (χ2n) is 10.4. The highest BCUT2D eigenvalue weighted by atomic mass is 32.2. The molecule has 2 heterocycles. The average Bonchev–Trinajstić information content (AvgIpc) is 3.08. The molecule has 5 aliphatic carbocycles. The summed E-state index contributed by atoms with van der Waals surface area (Å²) < 4.78 is 4.92. The van der Waals surface area contributed by atoms with Crippen molar-refractivity contribution in [1.82, 2.24) is 9.97 Å². The number of aromatic nitrogens is 2. The molecule has 0 aliphatic heterocycles. The number of hydrogen-bond donors (Lipinski definition) is 0. The van der Waals surface area contributed by atoms with Crippen LogP contribution in [0.4, 0.5) is 0 Å². The number of fused-ring (bicyclic) bond motifs is 3. The van der Waals surface area contributed by atoms with E-state index in [9.17, 15) is 4.79 Å². The van der Waals surface area contributed by atoms with E-state index in [0.717, 1.165) is 47.4 Å². The standard InChI is InChI=1S/C24H30N2O2S2/c1-13-3-4-17-18(5-13)30-22-20(17)21(29-12-19(27)28-2)25-23(26-22)24-9-14-6-15(10-24)8-16(7-14)11-24/h13-16H,3-12H2,1-2H3/t13-,14?,15?,16?,24?/m1/s1. The average molecular weight is 443 g/mol. The van der Waals surface area contributed by atoms with Crippen LogP contribution in [0.1, 0.15) is 68.1 Å². The molecule has 4 saturated carbocycles. The number of ether oxygens (including phenoxy) is 1. The zero-order valence-corrected chi connectivity index (χ0v) is 19.5. The summed E-state index contributed by atoms with van der Waals surface area (Å²) in [6.07, 6.45) is 11.6. The van der Waals surface area contributed by atoms with Gasteiger partial charge in [0.2, 0.25) is 0 Å². The van der Waals surface area contributed by atoms with Crippen molar-refractivity contribution in [2.24, 2.45) is 23.7 Å². The summed E-state index contributed by atoms with van der Waals surface area (Å²) in [6.45, 7) is 2.35. The number of aryl methyl sites for hydroxylation is 1. The highest BCUT2D eigenvalue weighted by Gasteiger charge is 2.53. The molecule has 160 valence electrons. The first kappa shape index (κ1) is 19.5. The Morgan fingerprint density at radius 3 is 2.53 bits per heavy atom. The van der Waals surface area contributed by atoms with Crippen molar-refractivity contribution < 1.29 is 9.53 Å². The lowest BCUT2D eigenvalue weighted by molar-refractivity contribution is -0.137. The van der Waals surface area contributed by atoms with E-state index in [0.29, 0.717) is 5.75 Å². The summed E-state index contributed by atoms with van der Waals surface area (Å²) in [5.41, 5.74) is 1.64. The molecule has 4 fully saturated rings. The third-order valence-corrected chi connectivity index (χ3v) is 10.3. The number of thiophene rings is 1. The monoisotopic (exact) mass is 442 g/mol. The van der Waals surface area contributed by atoms with Crippen molar-refractivity contribution in [3.63, 3.8) is 0 Å². The van der Waals surface area contributed by atoms with E-state index in [1.54, 1.807) is 11.8 Å². The maximum Gasteiger partial charge on any atom is 0.316 e. The number of carbonyl (C=O) groups is 1. The van der Waals surface area contributed by atoms with Crippen LogP contribution < -0.4 is 0 Å². The summed E-state index contributed by atoms with van der Waals surface area (Å²) in [5.74, 6) is 4.60. The normalized spacial score (nSPS) is 34.3. The van der Waals surface area contributed by atoms with Crippen LogP contribution in [-0.4, -0.2) is 28.8 Å². The quantitative estimate of drug-likeness (QED) is 0.353. The third kappa shape index (κ3) is 3.12. The van der Waals surface area contributed by atoms with Crippen molar-refractivity contribution >= 4 is 39.3 Å². The van der Waals surface area contributed by atoms with Crippen LogP contribution in [0.25, 0.3) is 10.2 Å². The van der Waals surface area contributed by atoms with Crippen LogP contribution in [-0.2, 0) is 27.8 Å². The van der Waals surface area contributed by atoms with Crippen molar-refractivity contribution in [3.05, 3.63) is 16.3 Å². The molecule has 5 aliphatic rings. The maximum atomic E-state index is 11.9. The molecule has 0 aromatic carbocycles. The Bertz CT molecular complexity index is 979. The minimum Gasteiger partial charge on any atom is -0.468 e. The molecule has 6 heteroatoms. The SMILES string of the molecule is COC(=O)CSc1nc(C23CC4CC(CC(C4)C2)C3)nc2sc3c(c12)CC[C@@H](C)C3. The topological polar surface area (TPSA) is 52.1 Å². The number of hydrogen-bond acceptors (Lipinski definition) is 6. The summed E-state index contributed by atoms with van der Waals surface area (Å²) in [6, 6.07) is 0. The van der Waals surface area contributed by atoms with Gasteiger partial charge in [-0.25, -0.2) is 9.97 Å². The Morgan fingerprint density at radius 2 is 1.87 bits per heavy atom. The molecule has 0 amide bonds. The van der Waals surface area contributed by atoms with Crippen molar-refractivity contribution in [2.75, 3.05) is 12.9 Å². The fourth-order valence-electron chi connectivity index (χ4n) is 7.22. The van der Waals surface area contributed by atoms with Gasteiger partial charge in [0.15, 0.2) is 0 Å². The molecule has 4 bridgehead atoms. The van der Waals surface area contributed by atoms with E-state index in [2.05, 4.69) is 6.92 Å². The van der Waals surface area contributed by atoms with Crippen LogP contribution in [0, 0.1) is 23.7 Å². The van der Waals surface area contributed by atoms with E-state index in [4.69, 9.17) is 14.7 Å². The fraction of sp³-hybridized carbons (Fsp3) is 0.708. The van der Waals surface area contributed by atoms with E-state index in [1.165, 1.54) is 72.7 Å². The van der Waals surface area contributed by atoms with Crippen LogP contribution in [0.2, 0.25) is 0 Å². The van der Waals surface area contributed by atoms with Crippen molar-refractivity contribution in [1.29, 1.82) is 0 Å². The summed E-state index contributed by atoms with van der Waals surface area (Å²) in [7, 11) is 1.47. The largest absolute Gasteiger partial charge is 0.468 e. The lowest BCUT2D eigenvalue weighted by Gasteiger charge is -2.56. The molecule has 0 N–H and O–H groups in total. The van der Waals surface area contributed by atoms with Crippen LogP contribution in [0.5, 0.6) is 0 Å². The van der Waals surface area contributed by atoms with Gasteiger partial charge in [0.05, 0.1) is 12.9 Å². The highest BCUT2D eigenvalue weighted by molar-refractivity contribution is 8.00. The van der Waals surface area contributed by atoms with Gasteiger partial charge in [-0.05, 0) is 87.0 Å². The second kappa shape index (κ2) is 7.19. The van der Waals surface area contributed by atoms with Gasteiger partial charge in [0.1, 0.15) is 15.7 Å². The molecular weight excluding hydrogens is 412 g/mol. The maximum absolute atomic E-state index is 11.9. The first-order valence-corrected chi connectivity index (χ1v) is 13.4. The predicted octanol–water partition coefficient (Wildman–Crippen LogP) is 5.55. The fourth-order valence-corrected chi connectivity index (χ4v) is 9.56. The molecule has 0 unspecified atom stereocenters. The number of nitrogens with zero attached hydrogens (tertiary/aromatic N) is 2.